The lowest BCUT2D eigenvalue weighted by molar-refractivity contribution is -0.140. The van der Waals surface area contributed by atoms with Crippen LogP contribution in [0.1, 0.15) is 31.0 Å². The number of hydrogen-bond acceptors (Lipinski definition) is 6. The van der Waals surface area contributed by atoms with Gasteiger partial charge in [0.1, 0.15) is 5.76 Å². The maximum absolute atomic E-state index is 12.8. The molecule has 7 heteroatoms. The maximum Gasteiger partial charge on any atom is 0.295 e. The van der Waals surface area contributed by atoms with Crippen LogP contribution in [-0.4, -0.2) is 51.2 Å². The van der Waals surface area contributed by atoms with Crippen molar-refractivity contribution in [2.45, 2.75) is 26.0 Å². The summed E-state index contributed by atoms with van der Waals surface area (Å²) in [6.07, 6.45) is -0.879. The van der Waals surface area contributed by atoms with Crippen molar-refractivity contribution in [3.05, 3.63) is 65.2 Å². The Hall–Kier alpha value is -3.32. The Kier molecular flexibility index (Phi) is 5.89. The molecular formula is C22H23NO6. The van der Waals surface area contributed by atoms with Gasteiger partial charge in [-0.2, -0.15) is 0 Å². The van der Waals surface area contributed by atoms with Crippen LogP contribution in [0.3, 0.4) is 0 Å². The molecule has 2 aromatic rings. The molecule has 1 aliphatic heterocycles. The normalized spacial score (nSPS) is 19.4. The number of phenols is 1. The number of β-amino-alcohol motifs (C(OH)–C–C–N with tert-alkyl or cyclic N) is 1. The number of amides is 1. The lowest BCUT2D eigenvalue weighted by Crippen LogP contribution is -2.35. The summed E-state index contributed by atoms with van der Waals surface area (Å²) >= 11 is 0. The van der Waals surface area contributed by atoms with Crippen molar-refractivity contribution in [2.75, 3.05) is 13.2 Å². The third-order valence-corrected chi connectivity index (χ3v) is 4.65. The molecule has 1 aliphatic rings. The zero-order valence-electron chi connectivity index (χ0n) is 16.2. The van der Waals surface area contributed by atoms with Crippen LogP contribution in [0.25, 0.3) is 5.76 Å². The number of aliphatic hydroxyl groups is 2. The van der Waals surface area contributed by atoms with Crippen molar-refractivity contribution in [2.24, 2.45) is 0 Å². The van der Waals surface area contributed by atoms with Gasteiger partial charge < -0.3 is 25.0 Å². The van der Waals surface area contributed by atoms with E-state index in [4.69, 9.17) is 4.74 Å². The smallest absolute Gasteiger partial charge is 0.295 e. The number of carbonyl (C=O) groups is 2. The standard InChI is InChI=1S/C22H23NO6/c1-3-29-17-11-15(9-10-16(17)25)19-18(20(26)14-7-5-4-6-8-14)21(27)22(28)23(19)12-13(2)24/h4-11,13,19,24-26H,3,12H2,1-2H3/t13-,19-/m1/s1. The van der Waals surface area contributed by atoms with E-state index >= 15 is 0 Å². The van der Waals surface area contributed by atoms with Crippen molar-refractivity contribution in [1.29, 1.82) is 0 Å². The minimum Gasteiger partial charge on any atom is -0.507 e. The number of rotatable bonds is 6. The number of carbonyl (C=O) groups excluding carboxylic acids is 2. The summed E-state index contributed by atoms with van der Waals surface area (Å²) in [4.78, 5) is 26.7. The van der Waals surface area contributed by atoms with Gasteiger partial charge in [0.15, 0.2) is 11.5 Å². The molecule has 3 N–H and O–H groups in total. The van der Waals surface area contributed by atoms with E-state index in [2.05, 4.69) is 0 Å². The third kappa shape index (κ3) is 3.95. The van der Waals surface area contributed by atoms with E-state index in [0.717, 1.165) is 0 Å². The lowest BCUT2D eigenvalue weighted by atomic mass is 9.95. The molecule has 3 rings (SSSR count). The summed E-state index contributed by atoms with van der Waals surface area (Å²) in [5, 5.41) is 30.7. The summed E-state index contributed by atoms with van der Waals surface area (Å²) < 4.78 is 5.42. The highest BCUT2D eigenvalue weighted by molar-refractivity contribution is 6.46. The van der Waals surface area contributed by atoms with Crippen molar-refractivity contribution in [1.82, 2.24) is 4.90 Å². The fourth-order valence-electron chi connectivity index (χ4n) is 3.42. The van der Waals surface area contributed by atoms with E-state index < -0.39 is 23.8 Å². The van der Waals surface area contributed by atoms with Gasteiger partial charge in [0.25, 0.3) is 11.7 Å². The largest absolute Gasteiger partial charge is 0.507 e. The number of benzene rings is 2. The van der Waals surface area contributed by atoms with Crippen LogP contribution in [0.5, 0.6) is 11.5 Å². The molecule has 1 amide bonds. The molecular weight excluding hydrogens is 374 g/mol. The predicted molar refractivity (Wildman–Crippen MR) is 106 cm³/mol. The Morgan fingerprint density at radius 3 is 2.48 bits per heavy atom. The Morgan fingerprint density at radius 2 is 1.86 bits per heavy atom. The van der Waals surface area contributed by atoms with Crippen LogP contribution >= 0.6 is 0 Å². The van der Waals surface area contributed by atoms with Gasteiger partial charge in [-0.3, -0.25) is 9.59 Å². The summed E-state index contributed by atoms with van der Waals surface area (Å²) in [7, 11) is 0. The first-order valence-electron chi connectivity index (χ1n) is 9.32. The van der Waals surface area contributed by atoms with Crippen LogP contribution < -0.4 is 4.74 Å². The van der Waals surface area contributed by atoms with Gasteiger partial charge in [-0.25, -0.2) is 0 Å². The molecule has 7 nitrogen and oxygen atoms in total. The molecule has 0 aromatic heterocycles. The Balaban J connectivity index is 2.20. The second kappa shape index (κ2) is 8.36. The molecule has 0 bridgehead atoms. The molecule has 1 saturated heterocycles. The fourth-order valence-corrected chi connectivity index (χ4v) is 3.42. The quantitative estimate of drug-likeness (QED) is 0.393. The van der Waals surface area contributed by atoms with Gasteiger partial charge >= 0.3 is 0 Å². The SMILES string of the molecule is CCOc1cc([C@@H]2C(=C(O)c3ccccc3)C(=O)C(=O)N2C[C@@H](C)O)ccc1O. The van der Waals surface area contributed by atoms with Crippen molar-refractivity contribution in [3.8, 4) is 11.5 Å². The number of phenolic OH excluding ortho intramolecular Hbond substituents is 1. The molecule has 0 unspecified atom stereocenters. The number of aliphatic hydroxyl groups excluding tert-OH is 2. The van der Waals surface area contributed by atoms with Crippen LogP contribution in [0, 0.1) is 0 Å². The zero-order chi connectivity index (χ0) is 21.1. The highest BCUT2D eigenvalue weighted by atomic mass is 16.5. The minimum absolute atomic E-state index is 0.0741. The zero-order valence-corrected chi connectivity index (χ0v) is 16.2. The molecule has 0 radical (unpaired) electrons. The molecule has 2 atom stereocenters. The van der Waals surface area contributed by atoms with Gasteiger partial charge in [-0.1, -0.05) is 36.4 Å². The highest BCUT2D eigenvalue weighted by Gasteiger charge is 2.46. The second-order valence-electron chi connectivity index (χ2n) is 6.83. The summed E-state index contributed by atoms with van der Waals surface area (Å²) in [5.74, 6) is -1.81. The minimum atomic E-state index is -0.926. The molecule has 1 heterocycles. The van der Waals surface area contributed by atoms with Crippen LogP contribution in [0.15, 0.2) is 54.1 Å². The van der Waals surface area contributed by atoms with Crippen LogP contribution in [0.4, 0.5) is 0 Å². The van der Waals surface area contributed by atoms with E-state index in [1.165, 1.54) is 24.0 Å². The van der Waals surface area contributed by atoms with E-state index in [1.54, 1.807) is 43.3 Å². The Morgan fingerprint density at radius 1 is 1.17 bits per heavy atom. The van der Waals surface area contributed by atoms with Crippen LogP contribution in [0.2, 0.25) is 0 Å². The molecule has 29 heavy (non-hydrogen) atoms. The van der Waals surface area contributed by atoms with Gasteiger partial charge in [0.2, 0.25) is 0 Å². The average molecular weight is 397 g/mol. The second-order valence-corrected chi connectivity index (χ2v) is 6.83. The number of Topliss-reactive ketones (excluding diaryl/α,β-unsaturated/α-hetero) is 1. The molecule has 1 fully saturated rings. The first-order chi connectivity index (χ1) is 13.8. The third-order valence-electron chi connectivity index (χ3n) is 4.65. The van der Waals surface area contributed by atoms with Crippen molar-refractivity contribution >= 4 is 17.4 Å². The van der Waals surface area contributed by atoms with E-state index in [0.29, 0.717) is 17.7 Å². The van der Waals surface area contributed by atoms with E-state index in [9.17, 15) is 24.9 Å². The number of ether oxygens (including phenoxy) is 1. The molecule has 152 valence electrons. The summed E-state index contributed by atoms with van der Waals surface area (Å²) in [6.45, 7) is 3.50. The van der Waals surface area contributed by atoms with Gasteiger partial charge in [-0.15, -0.1) is 0 Å². The fraction of sp³-hybridized carbons (Fsp3) is 0.273. The molecule has 0 aliphatic carbocycles. The average Bonchev–Trinajstić information content (AvgIpc) is 2.94. The molecule has 0 saturated carbocycles. The predicted octanol–water partition coefficient (Wildman–Crippen LogP) is 2.59. The van der Waals surface area contributed by atoms with E-state index in [1.807, 2.05) is 0 Å². The molecule has 0 spiro atoms. The molecule has 2 aromatic carbocycles. The monoisotopic (exact) mass is 397 g/mol. The van der Waals surface area contributed by atoms with Crippen molar-refractivity contribution in [3.63, 3.8) is 0 Å². The van der Waals surface area contributed by atoms with E-state index in [-0.39, 0.29) is 29.4 Å². The maximum atomic E-state index is 12.8. The number of hydrogen-bond donors (Lipinski definition) is 3. The summed E-state index contributed by atoms with van der Waals surface area (Å²) in [6, 6.07) is 12.0. The first kappa shape index (κ1) is 20.4. The van der Waals surface area contributed by atoms with Crippen molar-refractivity contribution < 1.29 is 29.6 Å². The number of aromatic hydroxyl groups is 1. The van der Waals surface area contributed by atoms with Gasteiger partial charge in [0, 0.05) is 12.1 Å². The Bertz CT molecular complexity index is 951. The number of likely N-dealkylation sites (tertiary alicyclic amines) is 1. The first-order valence-corrected chi connectivity index (χ1v) is 9.32. The van der Waals surface area contributed by atoms with Crippen LogP contribution in [-0.2, 0) is 9.59 Å². The van der Waals surface area contributed by atoms with Gasteiger partial charge in [0.05, 0.1) is 24.3 Å². The summed E-state index contributed by atoms with van der Waals surface area (Å²) in [5.41, 5.74) is 0.801. The topological polar surface area (TPSA) is 107 Å². The lowest BCUT2D eigenvalue weighted by Gasteiger charge is -2.26. The van der Waals surface area contributed by atoms with Gasteiger partial charge in [-0.05, 0) is 31.5 Å². The number of ketones is 1. The highest BCUT2D eigenvalue weighted by Crippen LogP contribution is 2.41. The number of nitrogens with zero attached hydrogens (tertiary/aromatic N) is 1. The Labute approximate surface area is 168 Å².